The molecule has 0 amide bonds. The van der Waals surface area contributed by atoms with Gasteiger partial charge >= 0.3 is 0 Å². The van der Waals surface area contributed by atoms with Crippen molar-refractivity contribution in [3.8, 4) is 11.1 Å². The summed E-state index contributed by atoms with van der Waals surface area (Å²) in [5.74, 6) is 0. The zero-order valence-corrected chi connectivity index (χ0v) is 10.1. The molecule has 0 aliphatic carbocycles. The van der Waals surface area contributed by atoms with Crippen LogP contribution in [0, 0.1) is 0 Å². The van der Waals surface area contributed by atoms with Crippen molar-refractivity contribution < 1.29 is 4.21 Å². The molecule has 0 aromatic heterocycles. The summed E-state index contributed by atoms with van der Waals surface area (Å²) >= 11 is 3.45. The van der Waals surface area contributed by atoms with E-state index < -0.39 is 10.8 Å². The Morgan fingerprint density at radius 2 is 1.67 bits per heavy atom. The molecule has 0 saturated heterocycles. The number of hydrogen-bond donors (Lipinski definition) is 0. The third kappa shape index (κ3) is 1.23. The van der Waals surface area contributed by atoms with Crippen LogP contribution in [0.5, 0.6) is 0 Å². The SMILES string of the molecule is O=S1c2ccccc2-c2cccc(Br)c21. The minimum absolute atomic E-state index is 0.902. The van der Waals surface area contributed by atoms with Crippen LogP contribution in [0.1, 0.15) is 0 Å². The van der Waals surface area contributed by atoms with Gasteiger partial charge in [-0.25, -0.2) is 4.21 Å². The molecule has 0 N–H and O–H groups in total. The van der Waals surface area contributed by atoms with Gasteiger partial charge in [0.05, 0.1) is 20.6 Å². The van der Waals surface area contributed by atoms with Gasteiger partial charge in [-0.05, 0) is 33.6 Å². The molecule has 3 heteroatoms. The van der Waals surface area contributed by atoms with E-state index in [1.165, 1.54) is 0 Å². The summed E-state index contributed by atoms with van der Waals surface area (Å²) < 4.78 is 13.1. The molecular formula is C12H7BrOS. The van der Waals surface area contributed by atoms with Crippen LogP contribution in [0.15, 0.2) is 56.7 Å². The Morgan fingerprint density at radius 3 is 2.53 bits per heavy atom. The maximum Gasteiger partial charge on any atom is 0.0873 e. The second-order valence-corrected chi connectivity index (χ2v) is 5.62. The molecule has 2 aromatic rings. The molecule has 0 saturated carbocycles. The van der Waals surface area contributed by atoms with Crippen LogP contribution in [0.3, 0.4) is 0 Å². The molecule has 3 rings (SSSR count). The van der Waals surface area contributed by atoms with E-state index in [1.807, 2.05) is 42.5 Å². The summed E-state index contributed by atoms with van der Waals surface area (Å²) in [6.45, 7) is 0. The largest absolute Gasteiger partial charge is 0.249 e. The summed E-state index contributed by atoms with van der Waals surface area (Å²) in [6.07, 6.45) is 0. The van der Waals surface area contributed by atoms with Crippen molar-refractivity contribution in [2.45, 2.75) is 9.79 Å². The second kappa shape index (κ2) is 3.29. The first-order valence-corrected chi connectivity index (χ1v) is 6.53. The number of benzene rings is 2. The van der Waals surface area contributed by atoms with E-state index in [2.05, 4.69) is 15.9 Å². The monoisotopic (exact) mass is 278 g/mol. The van der Waals surface area contributed by atoms with Crippen LogP contribution in [-0.4, -0.2) is 4.21 Å². The standard InChI is InChI=1S/C12H7BrOS/c13-10-6-3-5-9-8-4-1-2-7-11(8)15(14)12(9)10/h1-7H. The van der Waals surface area contributed by atoms with Crippen LogP contribution >= 0.6 is 15.9 Å². The molecule has 0 spiro atoms. The van der Waals surface area contributed by atoms with Gasteiger partial charge in [0.2, 0.25) is 0 Å². The summed E-state index contributed by atoms with van der Waals surface area (Å²) in [4.78, 5) is 1.82. The number of hydrogen-bond acceptors (Lipinski definition) is 1. The van der Waals surface area contributed by atoms with E-state index in [1.54, 1.807) is 0 Å². The fraction of sp³-hybridized carbons (Fsp3) is 0. The molecule has 1 atom stereocenters. The Kier molecular flexibility index (Phi) is 2.04. The highest BCUT2D eigenvalue weighted by atomic mass is 79.9. The molecule has 1 aliphatic heterocycles. The smallest absolute Gasteiger partial charge is 0.0873 e. The normalized spacial score (nSPS) is 17.3. The third-order valence-corrected chi connectivity index (χ3v) is 5.02. The summed E-state index contributed by atoms with van der Waals surface area (Å²) in [6, 6.07) is 13.8. The molecule has 1 aliphatic rings. The molecular weight excluding hydrogens is 272 g/mol. The van der Waals surface area contributed by atoms with Crippen molar-refractivity contribution in [2.24, 2.45) is 0 Å². The second-order valence-electron chi connectivity index (χ2n) is 3.38. The zero-order valence-electron chi connectivity index (χ0n) is 7.74. The van der Waals surface area contributed by atoms with Gasteiger partial charge in [-0.1, -0.05) is 30.3 Å². The Morgan fingerprint density at radius 1 is 0.933 bits per heavy atom. The highest BCUT2D eigenvalue weighted by Gasteiger charge is 2.26. The van der Waals surface area contributed by atoms with Crippen LogP contribution < -0.4 is 0 Å². The molecule has 1 heterocycles. The molecule has 2 aromatic carbocycles. The molecule has 0 fully saturated rings. The van der Waals surface area contributed by atoms with E-state index in [-0.39, 0.29) is 0 Å². The lowest BCUT2D eigenvalue weighted by Gasteiger charge is -1.99. The van der Waals surface area contributed by atoms with Crippen molar-refractivity contribution in [1.29, 1.82) is 0 Å². The maximum atomic E-state index is 12.2. The fourth-order valence-corrected chi connectivity index (χ4v) is 4.10. The first kappa shape index (κ1) is 9.31. The van der Waals surface area contributed by atoms with Crippen molar-refractivity contribution in [1.82, 2.24) is 0 Å². The van der Waals surface area contributed by atoms with Gasteiger partial charge in [-0.15, -0.1) is 0 Å². The molecule has 0 bridgehead atoms. The molecule has 0 radical (unpaired) electrons. The lowest BCUT2D eigenvalue weighted by molar-refractivity contribution is 0.684. The Bertz CT molecular complexity index is 578. The van der Waals surface area contributed by atoms with Gasteiger partial charge in [0.25, 0.3) is 0 Å². The van der Waals surface area contributed by atoms with Crippen LogP contribution in [0.2, 0.25) is 0 Å². The molecule has 15 heavy (non-hydrogen) atoms. The third-order valence-electron chi connectivity index (χ3n) is 2.53. The average Bonchev–Trinajstić information content (AvgIpc) is 2.55. The predicted octanol–water partition coefficient (Wildman–Crippen LogP) is 3.60. The van der Waals surface area contributed by atoms with E-state index in [4.69, 9.17) is 0 Å². The quantitative estimate of drug-likeness (QED) is 0.614. The highest BCUT2D eigenvalue weighted by molar-refractivity contribution is 9.10. The maximum absolute atomic E-state index is 12.2. The molecule has 1 unspecified atom stereocenters. The van der Waals surface area contributed by atoms with E-state index in [0.717, 1.165) is 25.4 Å². The first-order valence-electron chi connectivity index (χ1n) is 4.59. The van der Waals surface area contributed by atoms with Crippen LogP contribution in [0.4, 0.5) is 0 Å². The Balaban J connectivity index is 2.43. The minimum atomic E-state index is -1.03. The van der Waals surface area contributed by atoms with E-state index in [0.29, 0.717) is 0 Å². The topological polar surface area (TPSA) is 17.1 Å². The molecule has 1 nitrogen and oxygen atoms in total. The zero-order chi connectivity index (χ0) is 10.4. The van der Waals surface area contributed by atoms with Crippen molar-refractivity contribution in [3.05, 3.63) is 46.9 Å². The number of halogens is 1. The lowest BCUT2D eigenvalue weighted by Crippen LogP contribution is -1.86. The van der Waals surface area contributed by atoms with Gasteiger partial charge < -0.3 is 0 Å². The van der Waals surface area contributed by atoms with Crippen molar-refractivity contribution in [3.63, 3.8) is 0 Å². The summed E-state index contributed by atoms with van der Waals surface area (Å²) in [7, 11) is -1.03. The first-order chi connectivity index (χ1) is 7.29. The minimum Gasteiger partial charge on any atom is -0.249 e. The van der Waals surface area contributed by atoms with Gasteiger partial charge in [-0.2, -0.15) is 0 Å². The van der Waals surface area contributed by atoms with Crippen molar-refractivity contribution >= 4 is 26.7 Å². The van der Waals surface area contributed by atoms with Gasteiger partial charge in [-0.3, -0.25) is 0 Å². The van der Waals surface area contributed by atoms with Crippen LogP contribution in [0.25, 0.3) is 11.1 Å². The van der Waals surface area contributed by atoms with Crippen LogP contribution in [-0.2, 0) is 10.8 Å². The Hall–Kier alpha value is -0.930. The summed E-state index contributed by atoms with van der Waals surface area (Å²) in [5.41, 5.74) is 2.17. The van der Waals surface area contributed by atoms with Gasteiger partial charge in [0.1, 0.15) is 0 Å². The Labute approximate surface area is 98.7 Å². The van der Waals surface area contributed by atoms with Gasteiger partial charge in [0, 0.05) is 10.0 Å². The fourth-order valence-electron chi connectivity index (χ4n) is 1.87. The summed E-state index contributed by atoms with van der Waals surface area (Å²) in [5, 5.41) is 0. The lowest BCUT2D eigenvalue weighted by atomic mass is 10.1. The van der Waals surface area contributed by atoms with Gasteiger partial charge in [0.15, 0.2) is 0 Å². The molecule has 74 valence electrons. The predicted molar refractivity (Wildman–Crippen MR) is 64.3 cm³/mol. The number of rotatable bonds is 0. The van der Waals surface area contributed by atoms with E-state index in [9.17, 15) is 4.21 Å². The van der Waals surface area contributed by atoms with Crippen molar-refractivity contribution in [2.75, 3.05) is 0 Å². The highest BCUT2D eigenvalue weighted by Crippen LogP contribution is 2.43. The average molecular weight is 279 g/mol. The van der Waals surface area contributed by atoms with E-state index >= 15 is 0 Å². The number of fused-ring (bicyclic) bond motifs is 3.